The Morgan fingerprint density at radius 2 is 1.88 bits per heavy atom. The first kappa shape index (κ1) is 23.2. The molecule has 176 valence electrons. The molecular weight excluding hydrogens is 420 g/mol. The Balaban J connectivity index is 1.58. The number of hydrogen-bond donors (Lipinski definition) is 4. The molecule has 0 aliphatic carbocycles. The molecule has 1 aliphatic rings. The molecule has 1 unspecified atom stereocenters. The predicted molar refractivity (Wildman–Crippen MR) is 131 cm³/mol. The second kappa shape index (κ2) is 10.8. The van der Waals surface area contributed by atoms with E-state index in [1.165, 1.54) is 0 Å². The van der Waals surface area contributed by atoms with Gasteiger partial charge in [0.05, 0.1) is 19.4 Å². The van der Waals surface area contributed by atoms with Crippen LogP contribution >= 0.6 is 0 Å². The van der Waals surface area contributed by atoms with Gasteiger partial charge in [0.25, 0.3) is 0 Å². The number of rotatable bonds is 9. The molecule has 1 atom stereocenters. The molecule has 2 heterocycles. The van der Waals surface area contributed by atoms with Gasteiger partial charge in [-0.3, -0.25) is 9.80 Å². The number of anilines is 2. The highest BCUT2D eigenvalue weighted by Gasteiger charge is 2.19. The summed E-state index contributed by atoms with van der Waals surface area (Å²) >= 11 is 0. The van der Waals surface area contributed by atoms with Gasteiger partial charge in [0, 0.05) is 69.2 Å². The van der Waals surface area contributed by atoms with Crippen LogP contribution in [0, 0.1) is 0 Å². The van der Waals surface area contributed by atoms with Crippen LogP contribution < -0.4 is 15.4 Å². The summed E-state index contributed by atoms with van der Waals surface area (Å²) in [6.45, 7) is 4.91. The number of β-amino-alcohol motifs (C(OH)–C–C–N with tert-alkyl or cyclic N) is 2. The van der Waals surface area contributed by atoms with Crippen molar-refractivity contribution >= 4 is 22.4 Å². The van der Waals surface area contributed by atoms with Gasteiger partial charge in [0.2, 0.25) is 5.95 Å². The first-order valence-corrected chi connectivity index (χ1v) is 11.2. The average Bonchev–Trinajstić information content (AvgIpc) is 2.85. The largest absolute Gasteiger partial charge is 0.497 e. The van der Waals surface area contributed by atoms with Gasteiger partial charge in [-0.2, -0.15) is 0 Å². The quantitative estimate of drug-likeness (QED) is 0.361. The number of nitrogens with zero attached hydrogens (tertiary/aromatic N) is 4. The Bertz CT molecular complexity index is 1070. The third kappa shape index (κ3) is 5.69. The molecule has 0 spiro atoms. The van der Waals surface area contributed by atoms with Crippen molar-refractivity contribution in [1.82, 2.24) is 19.8 Å². The van der Waals surface area contributed by atoms with E-state index in [9.17, 15) is 5.11 Å². The molecule has 0 saturated carbocycles. The molecule has 3 aromatic rings. The van der Waals surface area contributed by atoms with Gasteiger partial charge in [-0.1, -0.05) is 6.07 Å². The zero-order chi connectivity index (χ0) is 23.2. The van der Waals surface area contributed by atoms with Crippen LogP contribution in [-0.2, 0) is 0 Å². The van der Waals surface area contributed by atoms with E-state index >= 15 is 0 Å². The Hall–Kier alpha value is -2.98. The van der Waals surface area contributed by atoms with E-state index in [0.29, 0.717) is 19.0 Å². The second-order valence-corrected chi connectivity index (χ2v) is 8.15. The smallest absolute Gasteiger partial charge is 0.222 e. The first-order valence-electron chi connectivity index (χ1n) is 11.2. The maximum atomic E-state index is 10.9. The zero-order valence-electron chi connectivity index (χ0n) is 19.2. The first-order chi connectivity index (χ1) is 16.1. The van der Waals surface area contributed by atoms with Crippen molar-refractivity contribution in [2.24, 2.45) is 0 Å². The Labute approximate surface area is 194 Å². The molecule has 1 aliphatic heterocycles. The highest BCUT2D eigenvalue weighted by atomic mass is 16.5. The van der Waals surface area contributed by atoms with E-state index in [1.54, 1.807) is 20.4 Å². The number of fused-ring (bicyclic) bond motifs is 1. The van der Waals surface area contributed by atoms with E-state index in [-0.39, 0.29) is 6.61 Å². The molecule has 1 aromatic heterocycles. The van der Waals surface area contributed by atoms with Crippen molar-refractivity contribution in [3.8, 4) is 17.0 Å². The van der Waals surface area contributed by atoms with E-state index < -0.39 is 6.23 Å². The van der Waals surface area contributed by atoms with Gasteiger partial charge < -0.3 is 25.6 Å². The number of methoxy groups -OCH3 is 1. The molecule has 0 amide bonds. The highest BCUT2D eigenvalue weighted by molar-refractivity contribution is 5.98. The summed E-state index contributed by atoms with van der Waals surface area (Å²) in [5, 5.41) is 28.3. The molecular formula is C24H32N6O3. The van der Waals surface area contributed by atoms with Crippen LogP contribution in [0.15, 0.2) is 42.6 Å². The number of aliphatic hydroxyl groups is 2. The van der Waals surface area contributed by atoms with Crippen molar-refractivity contribution in [2.45, 2.75) is 6.23 Å². The van der Waals surface area contributed by atoms with Crippen LogP contribution in [0.4, 0.5) is 11.6 Å². The SMILES string of the molecule is CNc1nccc(-c2cc(NC(O)CN3CCN(CCO)CC3)c3cc(OC)ccc3c2)n1. The maximum absolute atomic E-state index is 10.9. The van der Waals surface area contributed by atoms with Gasteiger partial charge in [-0.05, 0) is 35.7 Å². The summed E-state index contributed by atoms with van der Waals surface area (Å²) in [6, 6.07) is 11.9. The molecule has 1 fully saturated rings. The fourth-order valence-electron chi connectivity index (χ4n) is 4.18. The summed E-state index contributed by atoms with van der Waals surface area (Å²) < 4.78 is 5.43. The van der Waals surface area contributed by atoms with Gasteiger partial charge in [-0.25, -0.2) is 9.97 Å². The number of benzene rings is 2. The Morgan fingerprint density at radius 3 is 2.61 bits per heavy atom. The average molecular weight is 453 g/mol. The number of ether oxygens (including phenoxy) is 1. The van der Waals surface area contributed by atoms with Crippen LogP contribution in [0.2, 0.25) is 0 Å². The summed E-state index contributed by atoms with van der Waals surface area (Å²) in [5.41, 5.74) is 2.54. The lowest BCUT2D eigenvalue weighted by atomic mass is 10.0. The molecule has 4 rings (SSSR count). The minimum Gasteiger partial charge on any atom is -0.497 e. The predicted octanol–water partition coefficient (Wildman–Crippen LogP) is 1.69. The maximum Gasteiger partial charge on any atom is 0.222 e. The number of nitrogens with one attached hydrogen (secondary N) is 2. The van der Waals surface area contributed by atoms with Crippen LogP contribution in [-0.4, -0.2) is 96.2 Å². The van der Waals surface area contributed by atoms with Gasteiger partial charge in [0.1, 0.15) is 12.0 Å². The normalized spacial score (nSPS) is 16.0. The van der Waals surface area contributed by atoms with E-state index in [2.05, 4.69) is 36.5 Å². The monoisotopic (exact) mass is 452 g/mol. The molecule has 2 aromatic carbocycles. The lowest BCUT2D eigenvalue weighted by molar-refractivity contribution is 0.0762. The molecule has 33 heavy (non-hydrogen) atoms. The summed E-state index contributed by atoms with van der Waals surface area (Å²) in [4.78, 5) is 13.2. The standard InChI is InChI=1S/C24H32N6O3/c1-25-24-26-6-5-21(28-24)18-13-17-3-4-19(33-2)15-20(17)22(14-18)27-23(32)16-30-9-7-29(8-10-30)11-12-31/h3-6,13-15,23,27,31-32H,7-12,16H2,1-2H3,(H,25,26,28). The van der Waals surface area contributed by atoms with Gasteiger partial charge in [-0.15, -0.1) is 0 Å². The molecule has 0 bridgehead atoms. The minimum absolute atomic E-state index is 0.180. The van der Waals surface area contributed by atoms with Gasteiger partial charge >= 0.3 is 0 Å². The van der Waals surface area contributed by atoms with Gasteiger partial charge in [0.15, 0.2) is 0 Å². The molecule has 0 radical (unpaired) electrons. The number of aliphatic hydroxyl groups excluding tert-OH is 2. The fourth-order valence-corrected chi connectivity index (χ4v) is 4.18. The van der Waals surface area contributed by atoms with Crippen LogP contribution in [0.1, 0.15) is 0 Å². The molecule has 9 nitrogen and oxygen atoms in total. The van der Waals surface area contributed by atoms with Crippen molar-refractivity contribution in [1.29, 1.82) is 0 Å². The number of aromatic nitrogens is 2. The third-order valence-corrected chi connectivity index (χ3v) is 5.97. The summed E-state index contributed by atoms with van der Waals surface area (Å²) in [7, 11) is 3.44. The number of hydrogen-bond acceptors (Lipinski definition) is 9. The lowest BCUT2D eigenvalue weighted by Gasteiger charge is -2.35. The van der Waals surface area contributed by atoms with Crippen LogP contribution in [0.25, 0.3) is 22.0 Å². The Morgan fingerprint density at radius 1 is 1.09 bits per heavy atom. The third-order valence-electron chi connectivity index (χ3n) is 5.97. The fraction of sp³-hybridized carbons (Fsp3) is 0.417. The van der Waals surface area contributed by atoms with Crippen molar-refractivity contribution < 1.29 is 14.9 Å². The molecule has 4 N–H and O–H groups in total. The topological polar surface area (TPSA) is 106 Å². The second-order valence-electron chi connectivity index (χ2n) is 8.15. The van der Waals surface area contributed by atoms with Crippen LogP contribution in [0.5, 0.6) is 5.75 Å². The Kier molecular flexibility index (Phi) is 7.56. The highest BCUT2D eigenvalue weighted by Crippen LogP contribution is 2.33. The van der Waals surface area contributed by atoms with Crippen LogP contribution in [0.3, 0.4) is 0 Å². The van der Waals surface area contributed by atoms with E-state index in [1.807, 2.05) is 30.3 Å². The molecule has 9 heteroatoms. The lowest BCUT2D eigenvalue weighted by Crippen LogP contribution is -2.50. The summed E-state index contributed by atoms with van der Waals surface area (Å²) in [5.74, 6) is 1.31. The number of piperazine rings is 1. The molecule has 1 saturated heterocycles. The van der Waals surface area contributed by atoms with Crippen molar-refractivity contribution in [3.63, 3.8) is 0 Å². The minimum atomic E-state index is -0.739. The van der Waals surface area contributed by atoms with E-state index in [4.69, 9.17) is 9.84 Å². The summed E-state index contributed by atoms with van der Waals surface area (Å²) in [6.07, 6.45) is 0.988. The zero-order valence-corrected chi connectivity index (χ0v) is 19.2. The van der Waals surface area contributed by atoms with E-state index in [0.717, 1.165) is 59.6 Å². The van der Waals surface area contributed by atoms with Crippen molar-refractivity contribution in [2.75, 3.05) is 70.7 Å². The van der Waals surface area contributed by atoms with Crippen molar-refractivity contribution in [3.05, 3.63) is 42.6 Å².